The Morgan fingerprint density at radius 1 is 1.09 bits per heavy atom. The van der Waals surface area contributed by atoms with Crippen molar-refractivity contribution >= 4 is 43.1 Å². The highest BCUT2D eigenvalue weighted by molar-refractivity contribution is 7.92. The first-order chi connectivity index (χ1) is 15.2. The van der Waals surface area contributed by atoms with E-state index in [1.54, 1.807) is 23.5 Å². The molecule has 4 rings (SSSR count). The number of thiophene rings is 1. The number of aryl methyl sites for hydroxylation is 2. The Hall–Kier alpha value is -2.23. The molecule has 0 amide bonds. The standard InChI is InChI=1S/C23H31N5O2S2/c1-15-17(3)31-23-21(15)22(25-20(26-23)14-28-12-6-5-7-13-28)24-16(2)18-8-10-19(11-9-18)27-32(4,29)30/h8-11,16,27H,5-7,12-14H2,1-4H3,(H,24,25,26)/t16-/m1/s1. The number of hydrogen-bond donors (Lipinski definition) is 2. The third-order valence-corrected chi connectivity index (χ3v) is 7.66. The highest BCUT2D eigenvalue weighted by Gasteiger charge is 2.19. The molecule has 1 saturated heterocycles. The van der Waals surface area contributed by atoms with E-state index in [1.165, 1.54) is 29.7 Å². The van der Waals surface area contributed by atoms with Crippen LogP contribution < -0.4 is 10.0 Å². The van der Waals surface area contributed by atoms with E-state index in [-0.39, 0.29) is 6.04 Å². The second-order valence-corrected chi connectivity index (χ2v) is 11.6. The first kappa shape index (κ1) is 22.9. The molecule has 3 heterocycles. The van der Waals surface area contributed by atoms with Crippen LogP contribution in [-0.4, -0.2) is 42.6 Å². The number of rotatable bonds is 7. The first-order valence-electron chi connectivity index (χ1n) is 11.0. The topological polar surface area (TPSA) is 87.2 Å². The minimum atomic E-state index is -3.29. The molecule has 1 fully saturated rings. The molecule has 0 saturated carbocycles. The summed E-state index contributed by atoms with van der Waals surface area (Å²) in [5, 5.41) is 4.69. The summed E-state index contributed by atoms with van der Waals surface area (Å²) in [5.74, 6) is 1.73. The number of fused-ring (bicyclic) bond motifs is 1. The number of aromatic nitrogens is 2. The van der Waals surface area contributed by atoms with Gasteiger partial charge in [0.2, 0.25) is 10.0 Å². The van der Waals surface area contributed by atoms with Crippen molar-refractivity contribution in [1.29, 1.82) is 0 Å². The molecule has 9 heteroatoms. The molecule has 2 N–H and O–H groups in total. The third-order valence-electron chi connectivity index (χ3n) is 5.96. The van der Waals surface area contributed by atoms with Crippen LogP contribution in [0.3, 0.4) is 0 Å². The molecule has 3 aromatic rings. The van der Waals surface area contributed by atoms with Crippen LogP contribution in [0.15, 0.2) is 24.3 Å². The van der Waals surface area contributed by atoms with Crippen molar-refractivity contribution < 1.29 is 8.42 Å². The Morgan fingerprint density at radius 2 is 1.78 bits per heavy atom. The SMILES string of the molecule is Cc1sc2nc(CN3CCCCC3)nc(N[C@H](C)c3ccc(NS(C)(=O)=O)cc3)c2c1C. The van der Waals surface area contributed by atoms with Crippen LogP contribution in [0.4, 0.5) is 11.5 Å². The maximum atomic E-state index is 11.5. The van der Waals surface area contributed by atoms with Gasteiger partial charge in [-0.1, -0.05) is 18.6 Å². The van der Waals surface area contributed by atoms with E-state index in [2.05, 4.69) is 35.7 Å². The number of nitrogens with zero attached hydrogens (tertiary/aromatic N) is 3. The molecule has 172 valence electrons. The van der Waals surface area contributed by atoms with Gasteiger partial charge in [0.05, 0.1) is 18.2 Å². The number of likely N-dealkylation sites (tertiary alicyclic amines) is 1. The van der Waals surface area contributed by atoms with E-state index >= 15 is 0 Å². The van der Waals surface area contributed by atoms with Gasteiger partial charge in [-0.15, -0.1) is 11.3 Å². The Morgan fingerprint density at radius 3 is 2.44 bits per heavy atom. The third kappa shape index (κ3) is 5.39. The van der Waals surface area contributed by atoms with E-state index < -0.39 is 10.0 Å². The summed E-state index contributed by atoms with van der Waals surface area (Å²) >= 11 is 1.72. The summed E-state index contributed by atoms with van der Waals surface area (Å²) < 4.78 is 25.4. The fourth-order valence-electron chi connectivity index (χ4n) is 4.13. The number of anilines is 2. The van der Waals surface area contributed by atoms with Gasteiger partial charge < -0.3 is 5.32 Å². The second-order valence-electron chi connectivity index (χ2n) is 8.65. The van der Waals surface area contributed by atoms with Crippen LogP contribution >= 0.6 is 11.3 Å². The van der Waals surface area contributed by atoms with E-state index in [1.807, 2.05) is 12.1 Å². The average Bonchev–Trinajstić information content (AvgIpc) is 3.02. The molecule has 1 aromatic carbocycles. The summed E-state index contributed by atoms with van der Waals surface area (Å²) in [5.41, 5.74) is 2.83. The monoisotopic (exact) mass is 473 g/mol. The molecule has 0 unspecified atom stereocenters. The lowest BCUT2D eigenvalue weighted by Gasteiger charge is -2.26. The molecule has 0 aliphatic carbocycles. The molecule has 1 atom stereocenters. The molecular formula is C23H31N5O2S2. The molecule has 2 aromatic heterocycles. The van der Waals surface area contributed by atoms with Gasteiger partial charge in [0, 0.05) is 16.6 Å². The van der Waals surface area contributed by atoms with E-state index in [0.29, 0.717) is 5.69 Å². The highest BCUT2D eigenvalue weighted by atomic mass is 32.2. The van der Waals surface area contributed by atoms with Crippen LogP contribution in [0, 0.1) is 13.8 Å². The van der Waals surface area contributed by atoms with Crippen molar-refractivity contribution in [2.75, 3.05) is 29.4 Å². The minimum absolute atomic E-state index is 0.00262. The van der Waals surface area contributed by atoms with Gasteiger partial charge >= 0.3 is 0 Å². The Bertz CT molecular complexity index is 1200. The second kappa shape index (κ2) is 9.33. The van der Waals surface area contributed by atoms with Gasteiger partial charge in [-0.25, -0.2) is 18.4 Å². The number of piperidine rings is 1. The number of benzene rings is 1. The van der Waals surface area contributed by atoms with Gasteiger partial charge in [0.15, 0.2) is 0 Å². The molecule has 7 nitrogen and oxygen atoms in total. The molecule has 0 bridgehead atoms. The predicted octanol–water partition coefficient (Wildman–Crippen LogP) is 4.84. The molecule has 1 aliphatic rings. The summed E-state index contributed by atoms with van der Waals surface area (Å²) in [4.78, 5) is 14.6. The van der Waals surface area contributed by atoms with E-state index in [9.17, 15) is 8.42 Å². The van der Waals surface area contributed by atoms with Crippen LogP contribution in [0.1, 0.15) is 54.1 Å². The quantitative estimate of drug-likeness (QED) is 0.511. The van der Waals surface area contributed by atoms with Gasteiger partial charge in [-0.2, -0.15) is 0 Å². The molecule has 1 aliphatic heterocycles. The lowest BCUT2D eigenvalue weighted by Crippen LogP contribution is -2.30. The largest absolute Gasteiger partial charge is 0.363 e. The summed E-state index contributed by atoms with van der Waals surface area (Å²) in [6, 6.07) is 7.44. The zero-order valence-corrected chi connectivity index (χ0v) is 20.7. The van der Waals surface area contributed by atoms with Crippen molar-refractivity contribution in [1.82, 2.24) is 14.9 Å². The maximum absolute atomic E-state index is 11.5. The van der Waals surface area contributed by atoms with Crippen molar-refractivity contribution in [2.45, 2.75) is 52.6 Å². The molecular weight excluding hydrogens is 442 g/mol. The Kier molecular flexibility index (Phi) is 6.69. The van der Waals surface area contributed by atoms with Crippen molar-refractivity contribution in [3.8, 4) is 0 Å². The lowest BCUT2D eigenvalue weighted by molar-refractivity contribution is 0.216. The minimum Gasteiger partial charge on any atom is -0.363 e. The number of nitrogens with one attached hydrogen (secondary N) is 2. The van der Waals surface area contributed by atoms with Crippen LogP contribution in [0.25, 0.3) is 10.2 Å². The highest BCUT2D eigenvalue weighted by Crippen LogP contribution is 2.35. The van der Waals surface area contributed by atoms with Gasteiger partial charge in [0.1, 0.15) is 16.5 Å². The zero-order valence-electron chi connectivity index (χ0n) is 19.1. The van der Waals surface area contributed by atoms with Gasteiger partial charge in [-0.3, -0.25) is 9.62 Å². The smallest absolute Gasteiger partial charge is 0.229 e. The Balaban J connectivity index is 1.60. The van der Waals surface area contributed by atoms with Crippen LogP contribution in [-0.2, 0) is 16.6 Å². The van der Waals surface area contributed by atoms with E-state index in [0.717, 1.165) is 53.3 Å². The number of sulfonamides is 1. The average molecular weight is 474 g/mol. The molecule has 0 radical (unpaired) electrons. The van der Waals surface area contributed by atoms with Crippen LogP contribution in [0.5, 0.6) is 0 Å². The zero-order chi connectivity index (χ0) is 22.9. The first-order valence-corrected chi connectivity index (χ1v) is 13.7. The Labute approximate surface area is 194 Å². The van der Waals surface area contributed by atoms with E-state index in [4.69, 9.17) is 9.97 Å². The van der Waals surface area contributed by atoms with Crippen molar-refractivity contribution in [2.24, 2.45) is 0 Å². The van der Waals surface area contributed by atoms with Crippen molar-refractivity contribution in [3.63, 3.8) is 0 Å². The summed E-state index contributed by atoms with van der Waals surface area (Å²) in [6.45, 7) is 9.34. The van der Waals surface area contributed by atoms with Crippen LogP contribution in [0.2, 0.25) is 0 Å². The van der Waals surface area contributed by atoms with Gasteiger partial charge in [0.25, 0.3) is 0 Å². The molecule has 0 spiro atoms. The maximum Gasteiger partial charge on any atom is 0.229 e. The molecule has 32 heavy (non-hydrogen) atoms. The predicted molar refractivity (Wildman–Crippen MR) is 133 cm³/mol. The summed E-state index contributed by atoms with van der Waals surface area (Å²) in [6.07, 6.45) is 4.94. The number of hydrogen-bond acceptors (Lipinski definition) is 7. The summed E-state index contributed by atoms with van der Waals surface area (Å²) in [7, 11) is -3.29. The normalized spacial score (nSPS) is 16.2. The fourth-order valence-corrected chi connectivity index (χ4v) is 5.74. The van der Waals surface area contributed by atoms with Gasteiger partial charge in [-0.05, 0) is 70.0 Å². The lowest BCUT2D eigenvalue weighted by atomic mass is 10.1. The van der Waals surface area contributed by atoms with Crippen molar-refractivity contribution in [3.05, 3.63) is 46.1 Å². The fraction of sp³-hybridized carbons (Fsp3) is 0.478.